The Balaban J connectivity index is 0.863. The fourth-order valence-electron chi connectivity index (χ4n) is 14.4. The summed E-state index contributed by atoms with van der Waals surface area (Å²) in [6, 6.07) is 47.4. The summed E-state index contributed by atoms with van der Waals surface area (Å²) in [6.45, 7) is 0. The Morgan fingerprint density at radius 3 is 0.839 bits per heavy atom. The molecule has 15 rings (SSSR count). The maximum absolute atomic E-state index is 5.19. The Hall–Kier alpha value is -5.88. The quantitative estimate of drug-likeness (QED) is 0.152. The summed E-state index contributed by atoms with van der Waals surface area (Å²) >= 11 is 0. The van der Waals surface area contributed by atoms with Crippen LogP contribution in [0.1, 0.15) is 88.2 Å². The van der Waals surface area contributed by atoms with E-state index in [2.05, 4.69) is 97.1 Å². The summed E-state index contributed by atoms with van der Waals surface area (Å²) < 4.78 is 0. The third kappa shape index (κ3) is 6.43. The van der Waals surface area contributed by atoms with E-state index in [9.17, 15) is 0 Å². The number of rotatable bonds is 8. The molecule has 0 atom stereocenters. The lowest BCUT2D eigenvalue weighted by atomic mass is 9.48. The minimum Gasteiger partial charge on any atom is -0.208 e. The van der Waals surface area contributed by atoms with Gasteiger partial charge in [-0.2, -0.15) is 0 Å². The fourth-order valence-corrected chi connectivity index (χ4v) is 14.4. The largest absolute Gasteiger partial charge is 0.208 e. The van der Waals surface area contributed by atoms with E-state index in [-0.39, 0.29) is 0 Å². The second kappa shape index (κ2) is 14.3. The van der Waals surface area contributed by atoms with Crippen molar-refractivity contribution in [2.24, 2.45) is 35.5 Å². The lowest BCUT2D eigenvalue weighted by molar-refractivity contribution is -0.00530. The summed E-state index contributed by atoms with van der Waals surface area (Å²) in [4.78, 5) is 30.8. The van der Waals surface area contributed by atoms with E-state index >= 15 is 0 Å². The summed E-state index contributed by atoms with van der Waals surface area (Å²) in [5.41, 5.74) is 9.43. The van der Waals surface area contributed by atoms with Crippen molar-refractivity contribution in [1.29, 1.82) is 0 Å². The highest BCUT2D eigenvalue weighted by Gasteiger charge is 2.52. The van der Waals surface area contributed by atoms with E-state index in [1.807, 2.05) is 36.4 Å². The van der Waals surface area contributed by atoms with Crippen molar-refractivity contribution in [1.82, 2.24) is 29.9 Å². The first-order valence-electron chi connectivity index (χ1n) is 23.4. The number of aromatic nitrogens is 6. The Kier molecular flexibility index (Phi) is 8.50. The summed E-state index contributed by atoms with van der Waals surface area (Å²) in [5, 5.41) is 0. The molecule has 8 aliphatic carbocycles. The van der Waals surface area contributed by atoms with E-state index < -0.39 is 0 Å². The topological polar surface area (TPSA) is 77.3 Å². The molecule has 306 valence electrons. The summed E-state index contributed by atoms with van der Waals surface area (Å²) in [6.07, 6.45) is 16.8. The zero-order valence-corrected chi connectivity index (χ0v) is 35.3. The van der Waals surface area contributed by atoms with Gasteiger partial charge in [0.2, 0.25) is 0 Å². The molecule has 0 radical (unpaired) electrons. The van der Waals surface area contributed by atoms with Gasteiger partial charge in [-0.1, -0.05) is 127 Å². The van der Waals surface area contributed by atoms with Crippen LogP contribution in [-0.2, 0) is 10.8 Å². The van der Waals surface area contributed by atoms with E-state index in [1.54, 1.807) is 0 Å². The van der Waals surface area contributed by atoms with E-state index in [0.29, 0.717) is 45.8 Å². The highest BCUT2D eigenvalue weighted by molar-refractivity contribution is 5.72. The van der Waals surface area contributed by atoms with E-state index in [1.165, 1.54) is 88.2 Å². The maximum Gasteiger partial charge on any atom is 0.164 e. The zero-order valence-electron chi connectivity index (χ0n) is 35.3. The van der Waals surface area contributed by atoms with Gasteiger partial charge in [-0.25, -0.2) is 29.9 Å². The number of hydrogen-bond acceptors (Lipinski definition) is 6. The molecule has 8 aliphatic rings. The molecule has 0 unspecified atom stereocenters. The maximum atomic E-state index is 5.19. The Bertz CT molecular complexity index is 2540. The minimum absolute atomic E-state index is 0.347. The molecular formula is C56H52N6. The summed E-state index contributed by atoms with van der Waals surface area (Å²) in [7, 11) is 0. The predicted molar refractivity (Wildman–Crippen MR) is 246 cm³/mol. The predicted octanol–water partition coefficient (Wildman–Crippen LogP) is 13.0. The molecule has 62 heavy (non-hydrogen) atoms. The molecule has 0 spiro atoms. The van der Waals surface area contributed by atoms with Crippen LogP contribution in [0.3, 0.4) is 0 Å². The smallest absolute Gasteiger partial charge is 0.164 e. The molecule has 8 fully saturated rings. The molecule has 6 heteroatoms. The van der Waals surface area contributed by atoms with Crippen LogP contribution in [0.25, 0.3) is 68.3 Å². The fraction of sp³-hybridized carbons (Fsp3) is 0.357. The Morgan fingerprint density at radius 1 is 0.274 bits per heavy atom. The van der Waals surface area contributed by atoms with Crippen LogP contribution in [0.5, 0.6) is 0 Å². The standard InChI is InChI=1S/C56H52N6/c1-3-8-41(9-4-1)49-57-51(43-14-18-47(19-15-43)55-29-35-22-36(30-55)24-37(23-35)31-55)61-53(59-49)45-12-7-13-46(28-45)54-60-50(42-10-5-2-6-11-42)58-52(62-54)44-16-20-48(21-17-44)56-32-38-25-39(33-56)27-40(26-38)34-56/h1-21,28,35-40H,22-27,29-34H2. The van der Waals surface area contributed by atoms with Crippen molar-refractivity contribution in [2.45, 2.75) is 87.9 Å². The van der Waals surface area contributed by atoms with Gasteiger partial charge in [0.15, 0.2) is 34.9 Å². The lowest BCUT2D eigenvalue weighted by Gasteiger charge is -2.57. The van der Waals surface area contributed by atoms with E-state index in [0.717, 1.165) is 68.9 Å². The van der Waals surface area contributed by atoms with Gasteiger partial charge < -0.3 is 0 Å². The van der Waals surface area contributed by atoms with Crippen LogP contribution in [0.4, 0.5) is 0 Å². The van der Waals surface area contributed by atoms with Gasteiger partial charge >= 0.3 is 0 Å². The highest BCUT2D eigenvalue weighted by Crippen LogP contribution is 2.62. The summed E-state index contributed by atoms with van der Waals surface area (Å²) in [5.74, 6) is 9.39. The van der Waals surface area contributed by atoms with Gasteiger partial charge in [0.05, 0.1) is 0 Å². The van der Waals surface area contributed by atoms with Crippen molar-refractivity contribution in [2.75, 3.05) is 0 Å². The lowest BCUT2D eigenvalue weighted by Crippen LogP contribution is -2.48. The van der Waals surface area contributed by atoms with Crippen molar-refractivity contribution in [3.05, 3.63) is 145 Å². The van der Waals surface area contributed by atoms with Crippen LogP contribution < -0.4 is 0 Å². The molecule has 5 aromatic carbocycles. The number of benzene rings is 5. The van der Waals surface area contributed by atoms with Crippen molar-refractivity contribution < 1.29 is 0 Å². The molecule has 6 nitrogen and oxygen atoms in total. The van der Waals surface area contributed by atoms with Gasteiger partial charge in [0, 0.05) is 33.4 Å². The molecule has 0 saturated heterocycles. The Labute approximate surface area is 364 Å². The van der Waals surface area contributed by atoms with Gasteiger partial charge in [-0.15, -0.1) is 0 Å². The Morgan fingerprint density at radius 2 is 0.532 bits per heavy atom. The van der Waals surface area contributed by atoms with Crippen LogP contribution in [-0.4, -0.2) is 29.9 Å². The van der Waals surface area contributed by atoms with Gasteiger partial charge in [-0.05, 0) is 141 Å². The third-order valence-electron chi connectivity index (χ3n) is 16.3. The van der Waals surface area contributed by atoms with E-state index in [4.69, 9.17) is 29.9 Å². The molecule has 7 aromatic rings. The normalized spacial score (nSPS) is 29.0. The highest BCUT2D eigenvalue weighted by atomic mass is 15.0. The monoisotopic (exact) mass is 808 g/mol. The zero-order chi connectivity index (χ0) is 40.8. The number of hydrogen-bond donors (Lipinski definition) is 0. The molecule has 0 N–H and O–H groups in total. The molecule has 0 amide bonds. The molecule has 8 saturated carbocycles. The van der Waals surface area contributed by atoms with Crippen LogP contribution in [0.15, 0.2) is 133 Å². The van der Waals surface area contributed by atoms with Crippen LogP contribution >= 0.6 is 0 Å². The first-order chi connectivity index (χ1) is 30.5. The SMILES string of the molecule is c1ccc(-c2nc(-c3ccc(C45CC6CC(CC(C6)C4)C5)cc3)nc(-c3cccc(-c4nc(-c5ccccc5)nc(-c5ccc(C67CC8CC(CC(C8)C6)C7)cc5)n4)c3)n2)cc1. The average Bonchev–Trinajstić information content (AvgIpc) is 3.31. The van der Waals surface area contributed by atoms with Gasteiger partial charge in [0.1, 0.15) is 0 Å². The molecule has 8 bridgehead atoms. The molecule has 0 aliphatic heterocycles. The second-order valence-electron chi connectivity index (χ2n) is 20.5. The first kappa shape index (κ1) is 36.7. The first-order valence-corrected chi connectivity index (χ1v) is 23.4. The van der Waals surface area contributed by atoms with Crippen molar-refractivity contribution >= 4 is 0 Å². The minimum atomic E-state index is 0.347. The van der Waals surface area contributed by atoms with Gasteiger partial charge in [0.25, 0.3) is 0 Å². The van der Waals surface area contributed by atoms with Crippen molar-refractivity contribution in [3.8, 4) is 68.3 Å². The molecule has 2 aromatic heterocycles. The number of nitrogens with zero attached hydrogens (tertiary/aromatic N) is 6. The van der Waals surface area contributed by atoms with Crippen molar-refractivity contribution in [3.63, 3.8) is 0 Å². The van der Waals surface area contributed by atoms with Crippen LogP contribution in [0, 0.1) is 35.5 Å². The second-order valence-corrected chi connectivity index (χ2v) is 20.5. The third-order valence-corrected chi connectivity index (χ3v) is 16.3. The van der Waals surface area contributed by atoms with Gasteiger partial charge in [-0.3, -0.25) is 0 Å². The molecular weight excluding hydrogens is 757 g/mol. The molecule has 2 heterocycles. The average molecular weight is 809 g/mol. The van der Waals surface area contributed by atoms with Crippen LogP contribution in [0.2, 0.25) is 0 Å².